The monoisotopic (exact) mass is 617 g/mol. The fraction of sp³-hybridized carbons (Fsp3) is 0.194. The first-order valence-electron chi connectivity index (χ1n) is 14.8. The van der Waals surface area contributed by atoms with Gasteiger partial charge in [0.2, 0.25) is 6.79 Å². The number of esters is 1. The van der Waals surface area contributed by atoms with Crippen molar-refractivity contribution in [2.75, 3.05) is 13.4 Å². The molecule has 1 atom stereocenters. The molecule has 0 saturated carbocycles. The second-order valence-electron chi connectivity index (χ2n) is 11.0. The highest BCUT2D eigenvalue weighted by molar-refractivity contribution is 7.07. The van der Waals surface area contributed by atoms with Gasteiger partial charge in [0.15, 0.2) is 16.3 Å². The predicted molar refractivity (Wildman–Crippen MR) is 174 cm³/mol. The molecule has 0 spiro atoms. The van der Waals surface area contributed by atoms with Crippen molar-refractivity contribution in [3.8, 4) is 28.3 Å². The summed E-state index contributed by atoms with van der Waals surface area (Å²) in [7, 11) is 0. The molecule has 0 N–H and O–H groups in total. The minimum Gasteiger partial charge on any atom is -0.463 e. The maximum Gasteiger partial charge on any atom is 0.338 e. The van der Waals surface area contributed by atoms with Crippen LogP contribution in [0.25, 0.3) is 22.9 Å². The minimum absolute atomic E-state index is 0.122. The number of allylic oxidation sites excluding steroid dienone is 1. The van der Waals surface area contributed by atoms with Crippen molar-refractivity contribution in [2.45, 2.75) is 33.7 Å². The van der Waals surface area contributed by atoms with Gasteiger partial charge in [0.1, 0.15) is 0 Å². The number of nitrogens with zero attached hydrogens (tertiary/aromatic N) is 3. The lowest BCUT2D eigenvalue weighted by molar-refractivity contribution is -0.139. The molecule has 0 unspecified atom stereocenters. The average Bonchev–Trinajstić information content (AvgIpc) is 3.72. The second kappa shape index (κ2) is 11.4. The average molecular weight is 618 g/mol. The van der Waals surface area contributed by atoms with E-state index < -0.39 is 12.0 Å². The van der Waals surface area contributed by atoms with Crippen LogP contribution in [-0.4, -0.2) is 28.5 Å². The third-order valence-corrected chi connectivity index (χ3v) is 9.20. The molecule has 7 rings (SSSR count). The maximum atomic E-state index is 14.2. The molecule has 9 heteroatoms. The van der Waals surface area contributed by atoms with Crippen molar-refractivity contribution < 1.29 is 19.0 Å². The van der Waals surface area contributed by atoms with E-state index in [0.29, 0.717) is 37.7 Å². The molecule has 2 aliphatic rings. The van der Waals surface area contributed by atoms with Gasteiger partial charge in [-0.3, -0.25) is 9.36 Å². The number of hydrogen-bond donors (Lipinski definition) is 0. The van der Waals surface area contributed by atoms with Crippen molar-refractivity contribution in [2.24, 2.45) is 4.99 Å². The normalized spacial score (nSPS) is 15.6. The number of fused-ring (bicyclic) bond motifs is 2. The summed E-state index contributed by atoms with van der Waals surface area (Å²) in [5.74, 6) is 0.684. The lowest BCUT2D eigenvalue weighted by Crippen LogP contribution is -2.39. The lowest BCUT2D eigenvalue weighted by atomic mass is 9.95. The lowest BCUT2D eigenvalue weighted by Gasteiger charge is -2.24. The largest absolute Gasteiger partial charge is 0.463 e. The number of thiazole rings is 1. The molecular formula is C36H31N3O5S. The molecule has 3 aromatic carbocycles. The summed E-state index contributed by atoms with van der Waals surface area (Å²) in [6.45, 7) is 7.98. The van der Waals surface area contributed by atoms with Gasteiger partial charge in [0.05, 0.1) is 28.5 Å². The predicted octanol–water partition coefficient (Wildman–Crippen LogP) is 5.60. The van der Waals surface area contributed by atoms with Crippen LogP contribution in [0.5, 0.6) is 11.5 Å². The van der Waals surface area contributed by atoms with Crippen LogP contribution in [0.4, 0.5) is 0 Å². The van der Waals surface area contributed by atoms with Crippen molar-refractivity contribution >= 4 is 23.4 Å². The standard InChI is InChI=1S/C36H31N3O5S/c1-5-42-35(41)32-22(3)37-36-39(33(32)26-13-16-29-30(18-26)44-20-43-29)34(40)31(45-36)19-27-17-21(2)38(23(27)4)28-14-11-25(12-15-28)24-9-7-6-8-10-24/h6-19,33H,5,20H2,1-4H3/b31-19-/t33-/m1/s1. The number of aryl methyl sites for hydroxylation is 1. The Bertz CT molecular complexity index is 2170. The van der Waals surface area contributed by atoms with Gasteiger partial charge in [-0.1, -0.05) is 59.9 Å². The molecule has 0 radical (unpaired) electrons. The first kappa shape index (κ1) is 28.6. The summed E-state index contributed by atoms with van der Waals surface area (Å²) >= 11 is 1.31. The Morgan fingerprint density at radius 3 is 2.47 bits per heavy atom. The van der Waals surface area contributed by atoms with Crippen LogP contribution < -0.4 is 24.4 Å². The van der Waals surface area contributed by atoms with E-state index in [0.717, 1.165) is 28.2 Å². The Hall–Kier alpha value is -5.15. The second-order valence-corrected chi connectivity index (χ2v) is 12.0. The van der Waals surface area contributed by atoms with Gasteiger partial charge in [-0.15, -0.1) is 0 Å². The van der Waals surface area contributed by atoms with Crippen LogP contribution in [0.1, 0.15) is 42.4 Å². The fourth-order valence-electron chi connectivity index (χ4n) is 6.10. The van der Waals surface area contributed by atoms with Crippen LogP contribution in [-0.2, 0) is 9.53 Å². The molecule has 0 bridgehead atoms. The van der Waals surface area contributed by atoms with Crippen molar-refractivity contribution in [3.05, 3.63) is 132 Å². The van der Waals surface area contributed by atoms with Crippen LogP contribution in [0, 0.1) is 13.8 Å². The van der Waals surface area contributed by atoms with Gasteiger partial charge in [-0.25, -0.2) is 9.79 Å². The number of carbonyl (C=O) groups is 1. The van der Waals surface area contributed by atoms with Crippen LogP contribution in [0.3, 0.4) is 0 Å². The molecule has 2 aliphatic heterocycles. The maximum absolute atomic E-state index is 14.2. The Kier molecular flexibility index (Phi) is 7.25. The number of aromatic nitrogens is 2. The highest BCUT2D eigenvalue weighted by Crippen LogP contribution is 2.38. The third-order valence-electron chi connectivity index (χ3n) is 8.22. The zero-order valence-corrected chi connectivity index (χ0v) is 26.2. The van der Waals surface area contributed by atoms with Crippen LogP contribution >= 0.6 is 11.3 Å². The molecule has 0 amide bonds. The number of benzene rings is 3. The number of ether oxygens (including phenoxy) is 3. The smallest absolute Gasteiger partial charge is 0.338 e. The Morgan fingerprint density at radius 1 is 0.978 bits per heavy atom. The molecule has 226 valence electrons. The topological polar surface area (TPSA) is 84.1 Å². The summed E-state index contributed by atoms with van der Waals surface area (Å²) in [5, 5.41) is 0. The summed E-state index contributed by atoms with van der Waals surface area (Å²) in [4.78, 5) is 32.6. The highest BCUT2D eigenvalue weighted by Gasteiger charge is 2.34. The van der Waals surface area contributed by atoms with Gasteiger partial charge in [-0.05, 0) is 86.4 Å². The van der Waals surface area contributed by atoms with Crippen molar-refractivity contribution in [1.82, 2.24) is 9.13 Å². The highest BCUT2D eigenvalue weighted by atomic mass is 32.1. The van der Waals surface area contributed by atoms with E-state index in [1.807, 2.05) is 36.4 Å². The van der Waals surface area contributed by atoms with Gasteiger partial charge >= 0.3 is 5.97 Å². The first-order valence-corrected chi connectivity index (χ1v) is 15.6. The molecule has 4 heterocycles. The first-order chi connectivity index (χ1) is 21.8. The third kappa shape index (κ3) is 4.99. The quantitative estimate of drug-likeness (QED) is 0.232. The Labute approximate surface area is 263 Å². The number of carbonyl (C=O) groups excluding carboxylic acids is 1. The molecule has 0 saturated heterocycles. The van der Waals surface area contributed by atoms with Gasteiger partial charge < -0.3 is 18.8 Å². The SMILES string of the molecule is CCOC(=O)C1=C(C)N=c2s/c(=C\c3cc(C)n(-c4ccc(-c5ccccc5)cc4)c3C)c(=O)n2[C@@H]1c1ccc2c(c1)OCO2. The van der Waals surface area contributed by atoms with Crippen LogP contribution in [0.15, 0.2) is 99.9 Å². The molecular weight excluding hydrogens is 586 g/mol. The zero-order valence-electron chi connectivity index (χ0n) is 25.4. The van der Waals surface area contributed by atoms with E-state index in [1.54, 1.807) is 24.5 Å². The Morgan fingerprint density at radius 2 is 1.71 bits per heavy atom. The summed E-state index contributed by atoms with van der Waals surface area (Å²) in [6, 6.07) is 25.6. The van der Waals surface area contributed by atoms with Crippen molar-refractivity contribution in [1.29, 1.82) is 0 Å². The molecule has 0 aliphatic carbocycles. The molecule has 5 aromatic rings. The van der Waals surface area contributed by atoms with Crippen LogP contribution in [0.2, 0.25) is 0 Å². The van der Waals surface area contributed by atoms with E-state index in [2.05, 4.69) is 60.9 Å². The van der Waals surface area contributed by atoms with Gasteiger partial charge in [0.25, 0.3) is 5.56 Å². The zero-order chi connectivity index (χ0) is 31.2. The number of hydrogen-bond acceptors (Lipinski definition) is 7. The number of rotatable bonds is 6. The van der Waals surface area contributed by atoms with E-state index >= 15 is 0 Å². The van der Waals surface area contributed by atoms with Crippen molar-refractivity contribution in [3.63, 3.8) is 0 Å². The molecule has 0 fully saturated rings. The van der Waals surface area contributed by atoms with E-state index in [4.69, 9.17) is 19.2 Å². The molecule has 2 aromatic heterocycles. The van der Waals surface area contributed by atoms with E-state index in [-0.39, 0.29) is 19.0 Å². The minimum atomic E-state index is -0.729. The van der Waals surface area contributed by atoms with Gasteiger partial charge in [-0.2, -0.15) is 0 Å². The fourth-order valence-corrected chi connectivity index (χ4v) is 7.13. The summed E-state index contributed by atoms with van der Waals surface area (Å²) < 4.78 is 20.9. The van der Waals surface area contributed by atoms with Gasteiger partial charge in [0, 0.05) is 17.1 Å². The molecule has 8 nitrogen and oxygen atoms in total. The summed E-state index contributed by atoms with van der Waals surface area (Å²) in [5.41, 5.74) is 7.69. The Balaban J connectivity index is 1.32. The summed E-state index contributed by atoms with van der Waals surface area (Å²) in [6.07, 6.45) is 1.92. The molecule has 45 heavy (non-hydrogen) atoms. The van der Waals surface area contributed by atoms with E-state index in [9.17, 15) is 9.59 Å². The van der Waals surface area contributed by atoms with E-state index in [1.165, 1.54) is 16.9 Å².